The maximum Gasteiger partial charge on any atom is 0.418 e. The van der Waals surface area contributed by atoms with Crippen molar-refractivity contribution in [2.24, 2.45) is 0 Å². The van der Waals surface area contributed by atoms with Crippen molar-refractivity contribution in [1.82, 2.24) is 0 Å². The molecule has 0 bridgehead atoms. The van der Waals surface area contributed by atoms with Crippen LogP contribution in [0.25, 0.3) is 0 Å². The number of hydrogen-bond acceptors (Lipinski definition) is 1. The third-order valence-electron chi connectivity index (χ3n) is 2.70. The lowest BCUT2D eigenvalue weighted by Gasteiger charge is -2.14. The summed E-state index contributed by atoms with van der Waals surface area (Å²) in [4.78, 5) is 0. The van der Waals surface area contributed by atoms with Crippen molar-refractivity contribution < 1.29 is 17.6 Å². The van der Waals surface area contributed by atoms with Gasteiger partial charge >= 0.3 is 6.18 Å². The first-order chi connectivity index (χ1) is 9.38. The van der Waals surface area contributed by atoms with Crippen molar-refractivity contribution in [2.75, 3.05) is 5.32 Å². The number of rotatable bonds is 3. The molecule has 0 aliphatic rings. The molecule has 0 unspecified atom stereocenters. The van der Waals surface area contributed by atoms with Crippen LogP contribution >= 0.6 is 11.6 Å². The van der Waals surface area contributed by atoms with E-state index in [-0.39, 0.29) is 17.3 Å². The molecule has 0 fully saturated rings. The molecule has 0 amide bonds. The van der Waals surface area contributed by atoms with Crippen LogP contribution in [0.15, 0.2) is 42.5 Å². The molecule has 0 radical (unpaired) electrons. The molecule has 0 saturated heterocycles. The summed E-state index contributed by atoms with van der Waals surface area (Å²) in [6, 6.07) is 9.19. The van der Waals surface area contributed by atoms with E-state index in [1.807, 2.05) is 0 Å². The molecule has 0 saturated carbocycles. The number of anilines is 1. The van der Waals surface area contributed by atoms with Crippen molar-refractivity contribution >= 4 is 17.3 Å². The Labute approximate surface area is 118 Å². The molecule has 1 N–H and O–H groups in total. The molecule has 0 heterocycles. The minimum Gasteiger partial charge on any atom is -0.380 e. The molecular weight excluding hydrogens is 294 g/mol. The Hall–Kier alpha value is -1.75. The zero-order valence-electron chi connectivity index (χ0n) is 10.1. The minimum atomic E-state index is -4.43. The van der Waals surface area contributed by atoms with Crippen molar-refractivity contribution in [2.45, 2.75) is 12.7 Å². The number of hydrogen-bond donors (Lipinski definition) is 1. The molecule has 0 aliphatic carbocycles. The van der Waals surface area contributed by atoms with Gasteiger partial charge in [-0.3, -0.25) is 0 Å². The van der Waals surface area contributed by atoms with E-state index in [1.165, 1.54) is 36.4 Å². The quantitative estimate of drug-likeness (QED) is 0.777. The Morgan fingerprint density at radius 3 is 2.40 bits per heavy atom. The molecule has 2 aromatic rings. The van der Waals surface area contributed by atoms with E-state index >= 15 is 0 Å². The maximum atomic E-state index is 13.0. The fourth-order valence-corrected chi connectivity index (χ4v) is 1.93. The third kappa shape index (κ3) is 3.42. The van der Waals surface area contributed by atoms with Crippen LogP contribution in [-0.2, 0) is 12.7 Å². The summed E-state index contributed by atoms with van der Waals surface area (Å²) < 4.78 is 51.3. The summed E-state index contributed by atoms with van der Waals surface area (Å²) in [5, 5.41) is 2.62. The summed E-state index contributed by atoms with van der Waals surface area (Å²) in [5.74, 6) is -0.564. The zero-order valence-corrected chi connectivity index (χ0v) is 10.9. The van der Waals surface area contributed by atoms with Gasteiger partial charge in [0.1, 0.15) is 5.82 Å². The predicted octanol–water partition coefficient (Wildman–Crippen LogP) is 5.11. The first-order valence-corrected chi connectivity index (χ1v) is 6.10. The highest BCUT2D eigenvalue weighted by atomic mass is 35.5. The summed E-state index contributed by atoms with van der Waals surface area (Å²) in [5.41, 5.74) is -0.179. The first kappa shape index (κ1) is 14.7. The highest BCUT2D eigenvalue weighted by Gasteiger charge is 2.32. The molecule has 0 spiro atoms. The summed E-state index contributed by atoms with van der Waals surface area (Å²) in [6.45, 7) is 0.118. The van der Waals surface area contributed by atoms with Gasteiger partial charge in [0, 0.05) is 12.2 Å². The monoisotopic (exact) mass is 303 g/mol. The molecule has 20 heavy (non-hydrogen) atoms. The number of benzene rings is 2. The SMILES string of the molecule is Fc1ccc(CNc2ccccc2C(F)(F)F)cc1Cl. The lowest BCUT2D eigenvalue weighted by Crippen LogP contribution is -2.10. The number of nitrogens with one attached hydrogen (secondary N) is 1. The van der Waals surface area contributed by atoms with Gasteiger partial charge in [-0.25, -0.2) is 4.39 Å². The van der Waals surface area contributed by atoms with Crippen LogP contribution in [0.2, 0.25) is 5.02 Å². The Morgan fingerprint density at radius 2 is 1.75 bits per heavy atom. The highest BCUT2D eigenvalue weighted by molar-refractivity contribution is 6.30. The van der Waals surface area contributed by atoms with Crippen LogP contribution in [0.3, 0.4) is 0 Å². The Bertz CT molecular complexity index is 610. The Morgan fingerprint density at radius 1 is 1.05 bits per heavy atom. The van der Waals surface area contributed by atoms with Crippen LogP contribution in [0.5, 0.6) is 0 Å². The maximum absolute atomic E-state index is 13.0. The van der Waals surface area contributed by atoms with Crippen LogP contribution < -0.4 is 5.32 Å². The molecule has 2 aromatic carbocycles. The lowest BCUT2D eigenvalue weighted by atomic mass is 10.1. The van der Waals surface area contributed by atoms with E-state index in [2.05, 4.69) is 5.32 Å². The van der Waals surface area contributed by atoms with Crippen LogP contribution in [0.4, 0.5) is 23.2 Å². The molecule has 2 rings (SSSR count). The second-order valence-electron chi connectivity index (χ2n) is 4.15. The standard InChI is InChI=1S/C14H10ClF4N/c15-11-7-9(5-6-12(11)16)8-20-13-4-2-1-3-10(13)14(17,18)19/h1-7,20H,8H2. The highest BCUT2D eigenvalue weighted by Crippen LogP contribution is 2.34. The number of alkyl halides is 3. The van der Waals surface area contributed by atoms with Gasteiger partial charge in [0.15, 0.2) is 0 Å². The average molecular weight is 304 g/mol. The second-order valence-corrected chi connectivity index (χ2v) is 4.55. The van der Waals surface area contributed by atoms with E-state index in [0.717, 1.165) is 6.07 Å². The largest absolute Gasteiger partial charge is 0.418 e. The summed E-state index contributed by atoms with van der Waals surface area (Å²) >= 11 is 5.62. The molecule has 0 aliphatic heterocycles. The molecule has 0 aromatic heterocycles. The van der Waals surface area contributed by atoms with Crippen LogP contribution in [0.1, 0.15) is 11.1 Å². The molecule has 106 valence electrons. The normalized spacial score (nSPS) is 11.4. The fourth-order valence-electron chi connectivity index (χ4n) is 1.73. The second kappa shape index (κ2) is 5.71. The lowest BCUT2D eigenvalue weighted by molar-refractivity contribution is -0.136. The van der Waals surface area contributed by atoms with Crippen LogP contribution in [-0.4, -0.2) is 0 Å². The van der Waals surface area contributed by atoms with E-state index < -0.39 is 17.6 Å². The minimum absolute atomic E-state index is 0.0274. The number of para-hydroxylation sites is 1. The van der Waals surface area contributed by atoms with E-state index in [1.54, 1.807) is 0 Å². The molecule has 0 atom stereocenters. The third-order valence-corrected chi connectivity index (χ3v) is 2.99. The molecule has 1 nitrogen and oxygen atoms in total. The number of halogens is 5. The first-order valence-electron chi connectivity index (χ1n) is 5.72. The summed E-state index contributed by atoms with van der Waals surface area (Å²) in [6.07, 6.45) is -4.43. The average Bonchev–Trinajstić information content (AvgIpc) is 2.39. The van der Waals surface area contributed by atoms with Gasteiger partial charge in [-0.2, -0.15) is 13.2 Å². The van der Waals surface area contributed by atoms with Gasteiger partial charge < -0.3 is 5.32 Å². The van der Waals surface area contributed by atoms with E-state index in [9.17, 15) is 17.6 Å². The Balaban J connectivity index is 2.17. The van der Waals surface area contributed by atoms with Gasteiger partial charge in [0.2, 0.25) is 0 Å². The van der Waals surface area contributed by atoms with Gasteiger partial charge in [-0.1, -0.05) is 29.8 Å². The molecule has 6 heteroatoms. The van der Waals surface area contributed by atoms with Gasteiger partial charge in [0.25, 0.3) is 0 Å². The van der Waals surface area contributed by atoms with Crippen molar-refractivity contribution in [1.29, 1.82) is 0 Å². The zero-order chi connectivity index (χ0) is 14.8. The van der Waals surface area contributed by atoms with Gasteiger partial charge in [-0.15, -0.1) is 0 Å². The van der Waals surface area contributed by atoms with E-state index in [4.69, 9.17) is 11.6 Å². The topological polar surface area (TPSA) is 12.0 Å². The fraction of sp³-hybridized carbons (Fsp3) is 0.143. The smallest absolute Gasteiger partial charge is 0.380 e. The van der Waals surface area contributed by atoms with Crippen molar-refractivity contribution in [3.05, 3.63) is 64.4 Å². The van der Waals surface area contributed by atoms with Crippen LogP contribution in [0, 0.1) is 5.82 Å². The van der Waals surface area contributed by atoms with Crippen molar-refractivity contribution in [3.63, 3.8) is 0 Å². The van der Waals surface area contributed by atoms with Crippen molar-refractivity contribution in [3.8, 4) is 0 Å². The van der Waals surface area contributed by atoms with Gasteiger partial charge in [-0.05, 0) is 29.8 Å². The van der Waals surface area contributed by atoms with Gasteiger partial charge in [0.05, 0.1) is 10.6 Å². The summed E-state index contributed by atoms with van der Waals surface area (Å²) in [7, 11) is 0. The van der Waals surface area contributed by atoms with E-state index in [0.29, 0.717) is 5.56 Å². The molecular formula is C14H10ClF4N. The Kier molecular flexibility index (Phi) is 4.18. The predicted molar refractivity (Wildman–Crippen MR) is 70.2 cm³/mol.